The Morgan fingerprint density at radius 3 is 3.00 bits per heavy atom. The van der Waals surface area contributed by atoms with E-state index in [0.717, 1.165) is 39.1 Å². The third-order valence-corrected chi connectivity index (χ3v) is 1.92. The molecule has 0 aromatic carbocycles. The van der Waals surface area contributed by atoms with Gasteiger partial charge in [0.05, 0.1) is 0 Å². The van der Waals surface area contributed by atoms with Gasteiger partial charge < -0.3 is 15.5 Å². The summed E-state index contributed by atoms with van der Waals surface area (Å²) in [5, 5.41) is 6.08. The van der Waals surface area contributed by atoms with Gasteiger partial charge in [0.15, 0.2) is 0 Å². The van der Waals surface area contributed by atoms with Gasteiger partial charge in [-0.1, -0.05) is 6.92 Å². The van der Waals surface area contributed by atoms with Crippen LogP contribution in [0.5, 0.6) is 0 Å². The molecule has 0 aromatic heterocycles. The molecule has 1 aliphatic heterocycles. The van der Waals surface area contributed by atoms with Crippen LogP contribution in [0.2, 0.25) is 0 Å². The van der Waals surface area contributed by atoms with Crippen LogP contribution in [0.25, 0.3) is 0 Å². The van der Waals surface area contributed by atoms with Crippen molar-refractivity contribution in [1.29, 1.82) is 0 Å². The average molecular weight is 171 g/mol. The minimum atomic E-state index is 0.0818. The van der Waals surface area contributed by atoms with Crippen molar-refractivity contribution in [2.75, 3.05) is 32.7 Å². The van der Waals surface area contributed by atoms with Gasteiger partial charge in [-0.25, -0.2) is 4.79 Å². The lowest BCUT2D eigenvalue weighted by atomic mass is 10.4. The molecule has 2 amide bonds. The second kappa shape index (κ2) is 4.98. The summed E-state index contributed by atoms with van der Waals surface area (Å²) >= 11 is 0. The Balaban J connectivity index is 2.37. The second-order valence-electron chi connectivity index (χ2n) is 2.97. The standard InChI is InChI=1S/C8H17N3O/c1-2-6-11-7-5-9-3-4-10-8(11)12/h9H,2-7H2,1H3,(H,10,12). The van der Waals surface area contributed by atoms with Crippen LogP contribution >= 0.6 is 0 Å². The zero-order valence-corrected chi connectivity index (χ0v) is 7.60. The van der Waals surface area contributed by atoms with Crippen molar-refractivity contribution in [1.82, 2.24) is 15.5 Å². The van der Waals surface area contributed by atoms with Gasteiger partial charge in [0.25, 0.3) is 0 Å². The smallest absolute Gasteiger partial charge is 0.317 e. The number of hydrogen-bond donors (Lipinski definition) is 2. The number of carbonyl (C=O) groups excluding carboxylic acids is 1. The van der Waals surface area contributed by atoms with Crippen molar-refractivity contribution >= 4 is 6.03 Å². The summed E-state index contributed by atoms with van der Waals surface area (Å²) in [6.07, 6.45) is 1.02. The van der Waals surface area contributed by atoms with Crippen LogP contribution in [0.4, 0.5) is 4.79 Å². The Morgan fingerprint density at radius 2 is 2.25 bits per heavy atom. The highest BCUT2D eigenvalue weighted by atomic mass is 16.2. The highest BCUT2D eigenvalue weighted by molar-refractivity contribution is 5.74. The van der Waals surface area contributed by atoms with Crippen molar-refractivity contribution in [2.24, 2.45) is 0 Å². The summed E-state index contributed by atoms with van der Waals surface area (Å²) in [5.41, 5.74) is 0. The maximum Gasteiger partial charge on any atom is 0.317 e. The van der Waals surface area contributed by atoms with Crippen molar-refractivity contribution in [3.05, 3.63) is 0 Å². The third-order valence-electron chi connectivity index (χ3n) is 1.92. The van der Waals surface area contributed by atoms with Crippen molar-refractivity contribution in [3.8, 4) is 0 Å². The first-order chi connectivity index (χ1) is 5.84. The van der Waals surface area contributed by atoms with Gasteiger partial charge in [-0.15, -0.1) is 0 Å². The highest BCUT2D eigenvalue weighted by Crippen LogP contribution is 1.92. The first-order valence-corrected chi connectivity index (χ1v) is 4.58. The molecule has 1 saturated heterocycles. The van der Waals surface area contributed by atoms with Gasteiger partial charge in [-0.3, -0.25) is 0 Å². The third kappa shape index (κ3) is 2.70. The van der Waals surface area contributed by atoms with E-state index in [-0.39, 0.29) is 6.03 Å². The van der Waals surface area contributed by atoms with Gasteiger partial charge in [-0.05, 0) is 6.42 Å². The summed E-state index contributed by atoms with van der Waals surface area (Å²) in [4.78, 5) is 13.2. The van der Waals surface area contributed by atoms with Crippen molar-refractivity contribution < 1.29 is 4.79 Å². The first kappa shape index (κ1) is 9.32. The molecule has 1 fully saturated rings. The summed E-state index contributed by atoms with van der Waals surface area (Å²) in [6.45, 7) is 6.28. The zero-order chi connectivity index (χ0) is 8.81. The molecular weight excluding hydrogens is 154 g/mol. The molecule has 1 heterocycles. The average Bonchev–Trinajstić information content (AvgIpc) is 2.05. The van der Waals surface area contributed by atoms with E-state index in [1.54, 1.807) is 0 Å². The SMILES string of the molecule is CCCN1CCNCCNC1=O. The Bertz CT molecular complexity index is 149. The van der Waals surface area contributed by atoms with Gasteiger partial charge >= 0.3 is 6.03 Å². The van der Waals surface area contributed by atoms with E-state index in [1.807, 2.05) is 4.90 Å². The Kier molecular flexibility index (Phi) is 3.87. The fraction of sp³-hybridized carbons (Fsp3) is 0.875. The normalized spacial score (nSPS) is 19.8. The van der Waals surface area contributed by atoms with E-state index in [9.17, 15) is 4.79 Å². The Labute approximate surface area is 73.3 Å². The van der Waals surface area contributed by atoms with Crippen molar-refractivity contribution in [2.45, 2.75) is 13.3 Å². The summed E-state index contributed by atoms with van der Waals surface area (Å²) in [7, 11) is 0. The monoisotopic (exact) mass is 171 g/mol. The maximum absolute atomic E-state index is 11.3. The molecule has 0 saturated carbocycles. The van der Waals surface area contributed by atoms with Crippen LogP contribution < -0.4 is 10.6 Å². The molecule has 70 valence electrons. The second-order valence-corrected chi connectivity index (χ2v) is 2.97. The Hall–Kier alpha value is -0.770. The maximum atomic E-state index is 11.3. The molecule has 2 N–H and O–H groups in total. The van der Waals surface area contributed by atoms with Crippen LogP contribution in [0.15, 0.2) is 0 Å². The molecule has 0 spiro atoms. The van der Waals surface area contributed by atoms with Gasteiger partial charge in [-0.2, -0.15) is 0 Å². The molecule has 0 aromatic rings. The molecule has 4 heteroatoms. The Morgan fingerprint density at radius 1 is 1.42 bits per heavy atom. The summed E-state index contributed by atoms with van der Waals surface area (Å²) in [6, 6.07) is 0.0818. The molecule has 0 aliphatic carbocycles. The molecule has 1 rings (SSSR count). The molecule has 0 atom stereocenters. The van der Waals surface area contributed by atoms with E-state index in [0.29, 0.717) is 0 Å². The summed E-state index contributed by atoms with van der Waals surface area (Å²) < 4.78 is 0. The number of nitrogens with zero attached hydrogens (tertiary/aromatic N) is 1. The van der Waals surface area contributed by atoms with Crippen LogP contribution in [0.1, 0.15) is 13.3 Å². The topological polar surface area (TPSA) is 44.4 Å². The number of amides is 2. The fourth-order valence-electron chi connectivity index (χ4n) is 1.29. The van der Waals surface area contributed by atoms with E-state index < -0.39 is 0 Å². The predicted octanol–water partition coefficient (Wildman–Crippen LogP) is 0.0112. The highest BCUT2D eigenvalue weighted by Gasteiger charge is 2.12. The van der Waals surface area contributed by atoms with Gasteiger partial charge in [0, 0.05) is 32.7 Å². The lowest BCUT2D eigenvalue weighted by Crippen LogP contribution is -2.48. The quantitative estimate of drug-likeness (QED) is 0.615. The van der Waals surface area contributed by atoms with Crippen LogP contribution in [0.3, 0.4) is 0 Å². The lowest BCUT2D eigenvalue weighted by Gasteiger charge is -2.25. The number of nitrogens with one attached hydrogen (secondary N) is 2. The van der Waals surface area contributed by atoms with Crippen LogP contribution in [0, 0.1) is 0 Å². The van der Waals surface area contributed by atoms with Crippen LogP contribution in [-0.4, -0.2) is 43.7 Å². The van der Waals surface area contributed by atoms with E-state index in [4.69, 9.17) is 0 Å². The molecule has 12 heavy (non-hydrogen) atoms. The van der Waals surface area contributed by atoms with E-state index >= 15 is 0 Å². The van der Waals surface area contributed by atoms with Gasteiger partial charge in [0.1, 0.15) is 0 Å². The fourth-order valence-corrected chi connectivity index (χ4v) is 1.29. The number of urea groups is 1. The summed E-state index contributed by atoms with van der Waals surface area (Å²) in [5.74, 6) is 0. The molecule has 0 unspecified atom stereocenters. The predicted molar refractivity (Wildman–Crippen MR) is 48.1 cm³/mol. The van der Waals surface area contributed by atoms with E-state index in [2.05, 4.69) is 17.6 Å². The molecular formula is C8H17N3O. The van der Waals surface area contributed by atoms with Crippen molar-refractivity contribution in [3.63, 3.8) is 0 Å². The molecule has 0 bridgehead atoms. The largest absolute Gasteiger partial charge is 0.337 e. The number of hydrogen-bond acceptors (Lipinski definition) is 2. The van der Waals surface area contributed by atoms with Gasteiger partial charge in [0.2, 0.25) is 0 Å². The zero-order valence-electron chi connectivity index (χ0n) is 7.60. The number of rotatable bonds is 2. The molecule has 0 radical (unpaired) electrons. The lowest BCUT2D eigenvalue weighted by molar-refractivity contribution is 0.194. The number of carbonyl (C=O) groups is 1. The molecule has 1 aliphatic rings. The van der Waals surface area contributed by atoms with Crippen LogP contribution in [-0.2, 0) is 0 Å². The minimum absolute atomic E-state index is 0.0818. The first-order valence-electron chi connectivity index (χ1n) is 4.58. The molecule has 4 nitrogen and oxygen atoms in total. The minimum Gasteiger partial charge on any atom is -0.337 e. The van der Waals surface area contributed by atoms with E-state index in [1.165, 1.54) is 0 Å².